The topological polar surface area (TPSA) is 172 Å². The number of rotatable bonds is 8. The van der Waals surface area contributed by atoms with Crippen molar-refractivity contribution in [2.45, 2.75) is 56.5 Å². The van der Waals surface area contributed by atoms with Crippen LogP contribution >= 0.6 is 7.82 Å². The summed E-state index contributed by atoms with van der Waals surface area (Å²) in [4.78, 5) is 16.3. The van der Waals surface area contributed by atoms with E-state index in [1.807, 2.05) is 4.90 Å². The van der Waals surface area contributed by atoms with Crippen molar-refractivity contribution < 1.29 is 23.8 Å². The van der Waals surface area contributed by atoms with Gasteiger partial charge in [-0.15, -0.1) is 0 Å². The Morgan fingerprint density at radius 3 is 2.93 bits per heavy atom. The van der Waals surface area contributed by atoms with Crippen molar-refractivity contribution in [3.63, 3.8) is 0 Å². The number of unbranched alkanes of at least 4 members (excludes halogenated alkanes) is 3. The number of amidine groups is 1. The van der Waals surface area contributed by atoms with Crippen LogP contribution in [-0.2, 0) is 13.8 Å². The number of nitrogens with one attached hydrogen (secondary N) is 3. The Kier molecular flexibility index (Phi) is 6.71. The molecule has 4 heterocycles. The van der Waals surface area contributed by atoms with Crippen LogP contribution in [-0.4, -0.2) is 85.5 Å². The first kappa shape index (κ1) is 22.0. The number of hydrogen-bond donors (Lipinski definition) is 7. The van der Waals surface area contributed by atoms with E-state index in [1.54, 1.807) is 0 Å². The van der Waals surface area contributed by atoms with Crippen LogP contribution in [0.15, 0.2) is 16.5 Å². The molecule has 0 aromatic rings. The molecule has 0 aliphatic carbocycles. The van der Waals surface area contributed by atoms with E-state index < -0.39 is 32.4 Å². The van der Waals surface area contributed by atoms with E-state index >= 15 is 0 Å². The molecule has 30 heavy (non-hydrogen) atoms. The summed E-state index contributed by atoms with van der Waals surface area (Å²) < 4.78 is 17.2. The Labute approximate surface area is 177 Å². The van der Waals surface area contributed by atoms with Crippen molar-refractivity contribution in [1.29, 1.82) is 0 Å². The summed E-state index contributed by atoms with van der Waals surface area (Å²) in [6.45, 7) is 2.01. The molecule has 0 aromatic heterocycles. The number of aliphatic hydroxyl groups excluding tert-OH is 1. The van der Waals surface area contributed by atoms with Crippen molar-refractivity contribution in [3.05, 3.63) is 11.5 Å². The van der Waals surface area contributed by atoms with Gasteiger partial charge in [0.05, 0.1) is 0 Å². The van der Waals surface area contributed by atoms with Gasteiger partial charge in [0.1, 0.15) is 0 Å². The van der Waals surface area contributed by atoms with E-state index in [4.69, 9.17) is 25.3 Å². The summed E-state index contributed by atoms with van der Waals surface area (Å²) >= 11 is 0. The van der Waals surface area contributed by atoms with Crippen molar-refractivity contribution in [2.24, 2.45) is 16.5 Å². The molecule has 0 radical (unpaired) electrons. The molecular weight excluding hydrogens is 412 g/mol. The van der Waals surface area contributed by atoms with E-state index in [2.05, 4.69) is 20.9 Å². The molecule has 2 saturated heterocycles. The fourth-order valence-electron chi connectivity index (χ4n) is 4.22. The van der Waals surface area contributed by atoms with Crippen molar-refractivity contribution in [1.82, 2.24) is 20.9 Å². The molecule has 2 fully saturated rings. The molecule has 4 aliphatic rings. The predicted octanol–water partition coefficient (Wildman–Crippen LogP) is -3.09. The third-order valence-corrected chi connectivity index (χ3v) is 7.14. The van der Waals surface area contributed by atoms with Crippen molar-refractivity contribution in [3.8, 4) is 0 Å². The molecule has 3 unspecified atom stereocenters. The van der Waals surface area contributed by atoms with E-state index in [1.165, 1.54) is 7.57 Å². The van der Waals surface area contributed by atoms with Crippen LogP contribution in [0.3, 0.4) is 0 Å². The van der Waals surface area contributed by atoms with Gasteiger partial charge in [0, 0.05) is 0 Å². The molecule has 0 bridgehead atoms. The zero-order valence-electron chi connectivity index (χ0n) is 17.2. The molecule has 4 aliphatic heterocycles. The first-order chi connectivity index (χ1) is 14.4. The first-order valence-electron chi connectivity index (χ1n) is 10.6. The van der Waals surface area contributed by atoms with Crippen LogP contribution in [0.25, 0.3) is 0 Å². The van der Waals surface area contributed by atoms with Crippen LogP contribution in [0.1, 0.15) is 25.7 Å². The summed E-state index contributed by atoms with van der Waals surface area (Å²) in [6.07, 6.45) is 1.08. The van der Waals surface area contributed by atoms with E-state index in [0.29, 0.717) is 24.7 Å². The molecule has 170 valence electrons. The number of ether oxygens (including phenoxy) is 1. The second-order valence-electron chi connectivity index (χ2n) is 8.06. The van der Waals surface area contributed by atoms with Gasteiger partial charge in [-0.2, -0.15) is 0 Å². The molecule has 0 spiro atoms. The number of fused-ring (bicyclic) bond motifs is 1. The minimum absolute atomic E-state index is 0.181. The minimum atomic E-state index is -3.25. The van der Waals surface area contributed by atoms with Crippen LogP contribution in [0.4, 0.5) is 0 Å². The van der Waals surface area contributed by atoms with Crippen LogP contribution < -0.4 is 27.4 Å². The Balaban J connectivity index is 1.47. The fourth-order valence-corrected chi connectivity index (χ4v) is 5.56. The van der Waals surface area contributed by atoms with E-state index in [-0.39, 0.29) is 12.9 Å². The van der Waals surface area contributed by atoms with Gasteiger partial charge in [0.2, 0.25) is 0 Å². The number of aliphatic hydroxyl groups is 1. The zero-order chi connectivity index (χ0) is 21.3. The Morgan fingerprint density at radius 2 is 2.13 bits per heavy atom. The molecule has 4 rings (SSSR count). The molecule has 9 N–H and O–H groups in total. The average Bonchev–Trinajstić information content (AvgIpc) is 3.22. The summed E-state index contributed by atoms with van der Waals surface area (Å²) in [7, 11) is -1.71. The summed E-state index contributed by atoms with van der Waals surface area (Å²) in [5, 5.41) is 21.0. The van der Waals surface area contributed by atoms with Crippen LogP contribution in [0.5, 0.6) is 0 Å². The number of aliphatic imine (C=N–C) groups is 1. The molecule has 0 aromatic carbocycles. The standard InChI is InChI=1S/C16H33BN7O5P/c17-30(26)27-7-9-12(29-30)11(25)15(28-9)24-14-10(13(19)21-8-22-14)23-16(24)20-6-4-2-1-3-5-18/h9,11-12,15-16,20,22-23,25-26,30H,1-8,17-18H2,(H2,19,21)/t9-,11?,12-,15?,16?/m1/s1. The Hall–Kier alpha value is -1.18. The van der Waals surface area contributed by atoms with Gasteiger partial charge in [0.15, 0.2) is 0 Å². The average molecular weight is 445 g/mol. The molecule has 0 saturated carbocycles. The quantitative estimate of drug-likeness (QED) is 0.115. The first-order valence-corrected chi connectivity index (χ1v) is 12.8. The number of nitrogens with two attached hydrogens (primary N) is 2. The Morgan fingerprint density at radius 1 is 1.33 bits per heavy atom. The molecular formula is C16H33BN7O5P. The van der Waals surface area contributed by atoms with Gasteiger partial charge in [-0.25, -0.2) is 0 Å². The monoisotopic (exact) mass is 445 g/mol. The van der Waals surface area contributed by atoms with E-state index in [0.717, 1.165) is 38.0 Å². The predicted molar refractivity (Wildman–Crippen MR) is 116 cm³/mol. The van der Waals surface area contributed by atoms with Crippen LogP contribution in [0, 0.1) is 0 Å². The van der Waals surface area contributed by atoms with Gasteiger partial charge in [-0.1, -0.05) is 0 Å². The molecule has 5 atom stereocenters. The zero-order valence-corrected chi connectivity index (χ0v) is 18.2. The van der Waals surface area contributed by atoms with Gasteiger partial charge in [-0.3, -0.25) is 0 Å². The second-order valence-corrected chi connectivity index (χ2v) is 10.4. The van der Waals surface area contributed by atoms with Gasteiger partial charge in [0.25, 0.3) is 0 Å². The maximum absolute atomic E-state index is 11.0. The Bertz CT molecular complexity index is 699. The summed E-state index contributed by atoms with van der Waals surface area (Å²) in [5.41, 5.74) is 12.3. The van der Waals surface area contributed by atoms with Crippen LogP contribution in [0.2, 0.25) is 0 Å². The van der Waals surface area contributed by atoms with Gasteiger partial charge >= 0.3 is 164 Å². The fraction of sp³-hybridized carbons (Fsp3) is 0.812. The van der Waals surface area contributed by atoms with E-state index in [9.17, 15) is 10.00 Å². The molecule has 0 amide bonds. The normalized spacial score (nSPS) is 35.9. The third-order valence-electron chi connectivity index (χ3n) is 5.73. The maximum atomic E-state index is 11.0. The summed E-state index contributed by atoms with van der Waals surface area (Å²) in [6, 6.07) is 0. The van der Waals surface area contributed by atoms with Gasteiger partial charge in [-0.05, 0) is 6.54 Å². The third kappa shape index (κ3) is 4.39. The van der Waals surface area contributed by atoms with Crippen molar-refractivity contribution in [2.75, 3.05) is 26.4 Å². The molecule has 14 heteroatoms. The number of nitrogens with zero attached hydrogens (tertiary/aromatic N) is 2. The van der Waals surface area contributed by atoms with Gasteiger partial charge < -0.3 is 5.73 Å². The van der Waals surface area contributed by atoms with Crippen molar-refractivity contribution >= 4 is 21.2 Å². The number of hydrogen-bond acceptors (Lipinski definition) is 12. The molecule has 12 nitrogen and oxygen atoms in total. The second kappa shape index (κ2) is 9.13. The summed E-state index contributed by atoms with van der Waals surface area (Å²) in [5.74, 6) is 1.12. The SMILES string of the molecule is B[PH]1(O)OC[C@H]2OC(N3C4=C(NC3NCCCCCCN)C(N)=NCN4)C(O)[C@@H]2O1.